The molecule has 4 rings (SSSR count). The van der Waals surface area contributed by atoms with Gasteiger partial charge in [0.05, 0.1) is 18.6 Å². The second-order valence-electron chi connectivity index (χ2n) is 6.94. The lowest BCUT2D eigenvalue weighted by Crippen LogP contribution is -2.20. The lowest BCUT2D eigenvalue weighted by molar-refractivity contribution is -0.118. The molecule has 0 aliphatic heterocycles. The Morgan fingerprint density at radius 1 is 1.15 bits per heavy atom. The summed E-state index contributed by atoms with van der Waals surface area (Å²) >= 11 is 1.23. The number of amides is 1. The van der Waals surface area contributed by atoms with Gasteiger partial charge in [0, 0.05) is 23.6 Å². The molecule has 10 heteroatoms. The highest BCUT2D eigenvalue weighted by Crippen LogP contribution is 2.28. The highest BCUT2D eigenvalue weighted by molar-refractivity contribution is 7.99. The van der Waals surface area contributed by atoms with E-state index in [1.165, 1.54) is 30.1 Å². The molecule has 0 saturated heterocycles. The highest BCUT2D eigenvalue weighted by atomic mass is 32.2. The van der Waals surface area contributed by atoms with Crippen LogP contribution in [0.15, 0.2) is 83.3 Å². The molecule has 1 N–H and O–H groups in total. The second kappa shape index (κ2) is 11.2. The maximum Gasteiger partial charge on any atom is 0.250 e. The van der Waals surface area contributed by atoms with Crippen molar-refractivity contribution in [1.29, 1.82) is 0 Å². The zero-order valence-corrected chi connectivity index (χ0v) is 19.1. The second-order valence-corrected chi connectivity index (χ2v) is 7.89. The van der Waals surface area contributed by atoms with Crippen molar-refractivity contribution in [2.75, 3.05) is 12.4 Å². The van der Waals surface area contributed by atoms with Gasteiger partial charge in [-0.05, 0) is 61.0 Å². The number of carbonyl (C=O) groups excluding carboxylic acids is 1. The van der Waals surface area contributed by atoms with Crippen molar-refractivity contribution in [3.05, 3.63) is 84.4 Å². The maximum absolute atomic E-state index is 13.0. The van der Waals surface area contributed by atoms with Crippen molar-refractivity contribution >= 4 is 23.9 Å². The van der Waals surface area contributed by atoms with E-state index in [-0.39, 0.29) is 17.5 Å². The molecule has 2 aromatic carbocycles. The van der Waals surface area contributed by atoms with E-state index in [1.54, 1.807) is 24.5 Å². The summed E-state index contributed by atoms with van der Waals surface area (Å²) in [4.78, 5) is 16.5. The number of benzene rings is 2. The number of nitrogens with zero attached hydrogens (tertiary/aromatic N) is 5. The van der Waals surface area contributed by atoms with Crippen molar-refractivity contribution in [3.63, 3.8) is 0 Å². The smallest absolute Gasteiger partial charge is 0.250 e. The number of aromatic nitrogens is 4. The first-order valence-corrected chi connectivity index (χ1v) is 11.4. The first kappa shape index (κ1) is 23.1. The predicted molar refractivity (Wildman–Crippen MR) is 129 cm³/mol. The van der Waals surface area contributed by atoms with Crippen LogP contribution in [0.2, 0.25) is 0 Å². The molecule has 1 amide bonds. The third-order valence-electron chi connectivity index (χ3n) is 4.56. The van der Waals surface area contributed by atoms with Gasteiger partial charge in [0.2, 0.25) is 0 Å². The van der Waals surface area contributed by atoms with E-state index in [1.807, 2.05) is 47.9 Å². The number of nitrogens with one attached hydrogen (secondary N) is 1. The van der Waals surface area contributed by atoms with Gasteiger partial charge in [-0.3, -0.25) is 14.3 Å². The Morgan fingerprint density at radius 3 is 2.65 bits per heavy atom. The molecule has 0 aliphatic rings. The zero-order valence-electron chi connectivity index (χ0n) is 18.3. The molecule has 0 radical (unpaired) electrons. The number of thioether (sulfide) groups is 1. The molecule has 8 nitrogen and oxygen atoms in total. The Balaban J connectivity index is 1.50. The summed E-state index contributed by atoms with van der Waals surface area (Å²) in [7, 11) is 0. The quantitative estimate of drug-likeness (QED) is 0.222. The van der Waals surface area contributed by atoms with E-state index in [9.17, 15) is 9.18 Å². The largest absolute Gasteiger partial charge is 0.494 e. The van der Waals surface area contributed by atoms with Crippen LogP contribution < -0.4 is 10.2 Å². The molecular formula is C24H21FN6O2S. The van der Waals surface area contributed by atoms with Gasteiger partial charge in [0.15, 0.2) is 11.0 Å². The summed E-state index contributed by atoms with van der Waals surface area (Å²) in [6.45, 7) is 2.50. The van der Waals surface area contributed by atoms with Gasteiger partial charge in [-0.15, -0.1) is 10.2 Å². The van der Waals surface area contributed by atoms with Crippen LogP contribution in [0.25, 0.3) is 17.1 Å². The zero-order chi connectivity index (χ0) is 23.8. The molecule has 0 aliphatic carbocycles. The minimum atomic E-state index is -0.333. The number of hydrazone groups is 1. The molecule has 0 spiro atoms. The number of carbonyl (C=O) groups is 1. The number of hydrogen-bond donors (Lipinski definition) is 1. The summed E-state index contributed by atoms with van der Waals surface area (Å²) in [5.41, 5.74) is 4.76. The van der Waals surface area contributed by atoms with Crippen molar-refractivity contribution in [1.82, 2.24) is 25.2 Å². The molecular weight excluding hydrogens is 455 g/mol. The summed E-state index contributed by atoms with van der Waals surface area (Å²) in [6.07, 6.45) is 4.85. The third kappa shape index (κ3) is 5.84. The molecule has 0 unspecified atom stereocenters. The SMILES string of the molecule is CCOc1ccc(-n2c(SCC(=O)NN=Cc3ccc(F)cc3)nnc2-c2cccnc2)cc1. The van der Waals surface area contributed by atoms with E-state index >= 15 is 0 Å². The Labute approximate surface area is 199 Å². The minimum absolute atomic E-state index is 0.0724. The lowest BCUT2D eigenvalue weighted by atomic mass is 10.2. The number of hydrogen-bond acceptors (Lipinski definition) is 7. The van der Waals surface area contributed by atoms with Gasteiger partial charge in [-0.25, -0.2) is 9.82 Å². The molecule has 0 bridgehead atoms. The van der Waals surface area contributed by atoms with E-state index in [4.69, 9.17) is 4.74 Å². The van der Waals surface area contributed by atoms with Crippen LogP contribution in [0.1, 0.15) is 12.5 Å². The summed E-state index contributed by atoms with van der Waals surface area (Å²) in [5, 5.41) is 13.1. The first-order chi connectivity index (χ1) is 16.6. The Morgan fingerprint density at radius 2 is 1.94 bits per heavy atom. The average Bonchev–Trinajstić information content (AvgIpc) is 3.29. The van der Waals surface area contributed by atoms with Crippen molar-refractivity contribution in [2.45, 2.75) is 12.1 Å². The standard InChI is InChI=1S/C24H21FN6O2S/c1-2-33-21-11-9-20(10-12-21)31-23(18-4-3-13-26-15-18)29-30-24(31)34-16-22(32)28-27-14-17-5-7-19(25)8-6-17/h3-15H,2,16H2,1H3,(H,28,32). The third-order valence-corrected chi connectivity index (χ3v) is 5.49. The Bertz CT molecular complexity index is 1260. The maximum atomic E-state index is 13.0. The van der Waals surface area contributed by atoms with Crippen LogP contribution in [-0.2, 0) is 4.79 Å². The van der Waals surface area contributed by atoms with Gasteiger partial charge < -0.3 is 4.74 Å². The number of ether oxygens (including phenoxy) is 1. The van der Waals surface area contributed by atoms with Crippen LogP contribution in [0.4, 0.5) is 4.39 Å². The predicted octanol–water partition coefficient (Wildman–Crippen LogP) is 4.11. The first-order valence-electron chi connectivity index (χ1n) is 10.4. The normalized spacial score (nSPS) is 11.0. The van der Waals surface area contributed by atoms with E-state index in [0.29, 0.717) is 23.2 Å². The number of halogens is 1. The van der Waals surface area contributed by atoms with Gasteiger partial charge in [-0.1, -0.05) is 23.9 Å². The monoisotopic (exact) mass is 476 g/mol. The fourth-order valence-electron chi connectivity index (χ4n) is 3.03. The van der Waals surface area contributed by atoms with Crippen molar-refractivity contribution in [2.24, 2.45) is 5.10 Å². The topological polar surface area (TPSA) is 94.3 Å². The van der Waals surface area contributed by atoms with Crippen LogP contribution in [-0.4, -0.2) is 44.2 Å². The Hall–Kier alpha value is -4.05. The van der Waals surface area contributed by atoms with E-state index < -0.39 is 0 Å². The van der Waals surface area contributed by atoms with Crippen LogP contribution in [0, 0.1) is 5.82 Å². The fourth-order valence-corrected chi connectivity index (χ4v) is 3.77. The van der Waals surface area contributed by atoms with Gasteiger partial charge in [0.25, 0.3) is 5.91 Å². The average molecular weight is 477 g/mol. The van der Waals surface area contributed by atoms with E-state index in [0.717, 1.165) is 17.0 Å². The molecule has 0 atom stereocenters. The van der Waals surface area contributed by atoms with E-state index in [2.05, 4.69) is 25.7 Å². The summed E-state index contributed by atoms with van der Waals surface area (Å²) in [6, 6.07) is 17.1. The lowest BCUT2D eigenvalue weighted by Gasteiger charge is -2.11. The Kier molecular flexibility index (Phi) is 7.61. The van der Waals surface area contributed by atoms with Crippen LogP contribution >= 0.6 is 11.8 Å². The van der Waals surface area contributed by atoms with Gasteiger partial charge in [-0.2, -0.15) is 5.10 Å². The minimum Gasteiger partial charge on any atom is -0.494 e. The molecule has 4 aromatic rings. The number of rotatable bonds is 9. The fraction of sp³-hybridized carbons (Fsp3) is 0.125. The molecule has 0 fully saturated rings. The molecule has 34 heavy (non-hydrogen) atoms. The molecule has 2 aromatic heterocycles. The van der Waals surface area contributed by atoms with Crippen molar-refractivity contribution in [3.8, 4) is 22.8 Å². The molecule has 172 valence electrons. The summed E-state index contributed by atoms with van der Waals surface area (Å²) < 4.78 is 20.4. The highest BCUT2D eigenvalue weighted by Gasteiger charge is 2.17. The van der Waals surface area contributed by atoms with Crippen LogP contribution in [0.3, 0.4) is 0 Å². The van der Waals surface area contributed by atoms with Crippen molar-refractivity contribution < 1.29 is 13.9 Å². The number of pyridine rings is 1. The molecule has 2 heterocycles. The summed E-state index contributed by atoms with van der Waals surface area (Å²) in [5.74, 6) is 0.792. The molecule has 0 saturated carbocycles. The van der Waals surface area contributed by atoms with Crippen LogP contribution in [0.5, 0.6) is 5.75 Å². The van der Waals surface area contributed by atoms with Gasteiger partial charge >= 0.3 is 0 Å². The van der Waals surface area contributed by atoms with Gasteiger partial charge in [0.1, 0.15) is 11.6 Å².